The lowest BCUT2D eigenvalue weighted by molar-refractivity contribution is -0.144. The van der Waals surface area contributed by atoms with Crippen molar-refractivity contribution in [1.82, 2.24) is 5.32 Å². The number of furan rings is 1. The van der Waals surface area contributed by atoms with E-state index in [2.05, 4.69) is 5.32 Å². The fourth-order valence-corrected chi connectivity index (χ4v) is 1.97. The van der Waals surface area contributed by atoms with E-state index in [0.29, 0.717) is 5.76 Å². The molecule has 1 aromatic heterocycles. The van der Waals surface area contributed by atoms with Crippen molar-refractivity contribution in [3.05, 3.63) is 60.1 Å². The highest BCUT2D eigenvalue weighted by Crippen LogP contribution is 2.12. The van der Waals surface area contributed by atoms with E-state index in [4.69, 9.17) is 9.15 Å². The number of amides is 1. The lowest BCUT2D eigenvalue weighted by Crippen LogP contribution is -2.42. The van der Waals surface area contributed by atoms with E-state index < -0.39 is 17.9 Å². The molecule has 2 aromatic rings. The summed E-state index contributed by atoms with van der Waals surface area (Å²) >= 11 is 0. The largest absolute Gasteiger partial charge is 0.508 e. The second-order valence-corrected chi connectivity index (χ2v) is 4.80. The quantitative estimate of drug-likeness (QED) is 0.628. The van der Waals surface area contributed by atoms with Crippen molar-refractivity contribution in [2.75, 3.05) is 7.11 Å². The van der Waals surface area contributed by atoms with Crippen LogP contribution in [0.15, 0.2) is 53.2 Å². The van der Waals surface area contributed by atoms with Gasteiger partial charge in [-0.15, -0.1) is 0 Å². The van der Waals surface area contributed by atoms with Crippen molar-refractivity contribution >= 4 is 18.0 Å². The molecule has 0 unspecified atom stereocenters. The van der Waals surface area contributed by atoms with E-state index in [0.717, 1.165) is 5.56 Å². The number of nitrogens with one attached hydrogen (secondary N) is 1. The van der Waals surface area contributed by atoms with Gasteiger partial charge in [-0.2, -0.15) is 0 Å². The molecule has 0 spiro atoms. The lowest BCUT2D eigenvalue weighted by atomic mass is 10.1. The molecule has 6 nitrogen and oxygen atoms in total. The Morgan fingerprint density at radius 3 is 2.65 bits per heavy atom. The third-order valence-corrected chi connectivity index (χ3v) is 3.12. The van der Waals surface area contributed by atoms with E-state index in [1.807, 2.05) is 0 Å². The van der Waals surface area contributed by atoms with Crippen LogP contribution in [0.3, 0.4) is 0 Å². The summed E-state index contributed by atoms with van der Waals surface area (Å²) in [7, 11) is 1.26. The third-order valence-electron chi connectivity index (χ3n) is 3.12. The first-order chi connectivity index (χ1) is 11.1. The van der Waals surface area contributed by atoms with E-state index in [9.17, 15) is 14.7 Å². The van der Waals surface area contributed by atoms with E-state index in [-0.39, 0.29) is 12.2 Å². The summed E-state index contributed by atoms with van der Waals surface area (Å²) in [4.78, 5) is 23.7. The first-order valence-electron chi connectivity index (χ1n) is 6.96. The number of esters is 1. The van der Waals surface area contributed by atoms with Gasteiger partial charge >= 0.3 is 5.97 Å². The minimum absolute atomic E-state index is 0.133. The molecular weight excluding hydrogens is 298 g/mol. The van der Waals surface area contributed by atoms with Crippen molar-refractivity contribution in [1.29, 1.82) is 0 Å². The predicted molar refractivity (Wildman–Crippen MR) is 83.5 cm³/mol. The maximum Gasteiger partial charge on any atom is 0.328 e. The molecule has 0 bridgehead atoms. The number of benzene rings is 1. The molecule has 0 radical (unpaired) electrons. The Morgan fingerprint density at radius 1 is 1.30 bits per heavy atom. The van der Waals surface area contributed by atoms with Gasteiger partial charge in [-0.25, -0.2) is 4.79 Å². The van der Waals surface area contributed by atoms with Gasteiger partial charge in [0.25, 0.3) is 0 Å². The zero-order valence-corrected chi connectivity index (χ0v) is 12.6. The topological polar surface area (TPSA) is 88.8 Å². The average molecular weight is 315 g/mol. The fraction of sp³-hybridized carbons (Fsp3) is 0.176. The number of hydrogen-bond donors (Lipinski definition) is 2. The van der Waals surface area contributed by atoms with Crippen molar-refractivity contribution in [3.63, 3.8) is 0 Å². The number of aromatic hydroxyl groups is 1. The lowest BCUT2D eigenvalue weighted by Gasteiger charge is -2.15. The van der Waals surface area contributed by atoms with Crippen LogP contribution in [-0.2, 0) is 20.7 Å². The van der Waals surface area contributed by atoms with Crippen LogP contribution < -0.4 is 5.32 Å². The Balaban J connectivity index is 2.01. The minimum Gasteiger partial charge on any atom is -0.508 e. The first kappa shape index (κ1) is 16.4. The highest BCUT2D eigenvalue weighted by molar-refractivity contribution is 5.94. The molecule has 0 aliphatic heterocycles. The van der Waals surface area contributed by atoms with Crippen LogP contribution in [-0.4, -0.2) is 30.1 Å². The van der Waals surface area contributed by atoms with Crippen LogP contribution in [0.2, 0.25) is 0 Å². The standard InChI is InChI=1S/C17H17NO5/c1-22-17(21)15(11-12-4-6-13(19)7-5-12)18-16(20)9-8-14-3-2-10-23-14/h2-10,15,19H,11H2,1H3,(H,18,20)/b9-8+/t15-/m0/s1. The molecule has 6 heteroatoms. The number of phenolic OH excluding ortho intramolecular Hbond substituents is 1. The Labute approximate surface area is 133 Å². The summed E-state index contributed by atoms with van der Waals surface area (Å²) in [5.41, 5.74) is 0.786. The van der Waals surface area contributed by atoms with Gasteiger partial charge in [-0.3, -0.25) is 4.79 Å². The molecular formula is C17H17NO5. The number of carbonyl (C=O) groups excluding carboxylic acids is 2. The Kier molecular flexibility index (Phi) is 5.57. The van der Waals surface area contributed by atoms with Crippen LogP contribution >= 0.6 is 0 Å². The average Bonchev–Trinajstić information content (AvgIpc) is 3.07. The monoisotopic (exact) mass is 315 g/mol. The molecule has 1 heterocycles. The summed E-state index contributed by atoms with van der Waals surface area (Å²) in [5.74, 6) is -0.310. The Hall–Kier alpha value is -3.02. The SMILES string of the molecule is COC(=O)[C@H](Cc1ccc(O)cc1)NC(=O)/C=C/c1ccco1. The van der Waals surface area contributed by atoms with E-state index in [1.54, 1.807) is 24.3 Å². The molecule has 120 valence electrons. The molecule has 2 rings (SSSR count). The zero-order valence-electron chi connectivity index (χ0n) is 12.6. The molecule has 0 aliphatic rings. The number of phenols is 1. The van der Waals surface area contributed by atoms with E-state index in [1.165, 1.54) is 37.7 Å². The van der Waals surface area contributed by atoms with Crippen LogP contribution in [0.4, 0.5) is 0 Å². The van der Waals surface area contributed by atoms with Gasteiger partial charge in [0.05, 0.1) is 13.4 Å². The Morgan fingerprint density at radius 2 is 2.04 bits per heavy atom. The van der Waals surface area contributed by atoms with Crippen molar-refractivity contribution in [3.8, 4) is 5.75 Å². The van der Waals surface area contributed by atoms with Gasteiger partial charge in [0.2, 0.25) is 5.91 Å². The molecule has 2 N–H and O–H groups in total. The fourth-order valence-electron chi connectivity index (χ4n) is 1.97. The smallest absolute Gasteiger partial charge is 0.328 e. The normalized spacial score (nSPS) is 12.0. The summed E-state index contributed by atoms with van der Waals surface area (Å²) in [5, 5.41) is 11.9. The van der Waals surface area contributed by atoms with Crippen LogP contribution in [0.25, 0.3) is 6.08 Å². The van der Waals surface area contributed by atoms with Gasteiger partial charge < -0.3 is 19.6 Å². The summed E-state index contributed by atoms with van der Waals surface area (Å²) in [6, 6.07) is 8.98. The number of methoxy groups -OCH3 is 1. The maximum absolute atomic E-state index is 11.9. The summed E-state index contributed by atoms with van der Waals surface area (Å²) < 4.78 is 9.80. The number of carbonyl (C=O) groups is 2. The highest BCUT2D eigenvalue weighted by Gasteiger charge is 2.21. The molecule has 23 heavy (non-hydrogen) atoms. The molecule has 0 saturated heterocycles. The molecule has 1 atom stereocenters. The van der Waals surface area contributed by atoms with E-state index >= 15 is 0 Å². The zero-order chi connectivity index (χ0) is 16.7. The van der Waals surface area contributed by atoms with Crippen LogP contribution in [0.1, 0.15) is 11.3 Å². The number of hydrogen-bond acceptors (Lipinski definition) is 5. The first-order valence-corrected chi connectivity index (χ1v) is 6.96. The molecule has 0 fully saturated rings. The van der Waals surface area contributed by atoms with Crippen LogP contribution in [0.5, 0.6) is 5.75 Å². The predicted octanol–water partition coefficient (Wildman–Crippen LogP) is 1.90. The molecule has 0 saturated carbocycles. The molecule has 0 aliphatic carbocycles. The van der Waals surface area contributed by atoms with Gasteiger partial charge in [0, 0.05) is 12.5 Å². The molecule has 1 aromatic carbocycles. The van der Waals surface area contributed by atoms with Gasteiger partial charge in [0.15, 0.2) is 0 Å². The summed E-state index contributed by atoms with van der Waals surface area (Å²) in [6.45, 7) is 0. The van der Waals surface area contributed by atoms with Crippen LogP contribution in [0, 0.1) is 0 Å². The highest BCUT2D eigenvalue weighted by atomic mass is 16.5. The van der Waals surface area contributed by atoms with Gasteiger partial charge in [-0.1, -0.05) is 12.1 Å². The second kappa shape index (κ2) is 7.84. The molecule has 1 amide bonds. The number of rotatable bonds is 6. The van der Waals surface area contributed by atoms with Crippen molar-refractivity contribution in [2.45, 2.75) is 12.5 Å². The third kappa shape index (κ3) is 5.03. The summed E-state index contributed by atoms with van der Waals surface area (Å²) in [6.07, 6.45) is 4.54. The van der Waals surface area contributed by atoms with Gasteiger partial charge in [-0.05, 0) is 35.9 Å². The Bertz CT molecular complexity index is 674. The number of ether oxygens (including phenoxy) is 1. The second-order valence-electron chi connectivity index (χ2n) is 4.80. The van der Waals surface area contributed by atoms with Crippen molar-refractivity contribution < 1.29 is 23.8 Å². The van der Waals surface area contributed by atoms with Crippen molar-refractivity contribution in [2.24, 2.45) is 0 Å². The minimum atomic E-state index is -0.821. The maximum atomic E-state index is 11.9. The van der Waals surface area contributed by atoms with Gasteiger partial charge in [0.1, 0.15) is 17.6 Å².